The van der Waals surface area contributed by atoms with Crippen LogP contribution in [0.1, 0.15) is 25.0 Å². The lowest BCUT2D eigenvalue weighted by Crippen LogP contribution is -2.46. The van der Waals surface area contributed by atoms with Crippen LogP contribution in [0.5, 0.6) is 0 Å². The summed E-state index contributed by atoms with van der Waals surface area (Å²) in [6.45, 7) is 3.33. The molecule has 0 saturated heterocycles. The zero-order chi connectivity index (χ0) is 20.1. The standard InChI is InChI=1S/C17H21N7O3S/c1-10-19-17(27-23-10)12-4-6-24-14(8-12)21-22-15(24)9-18-16(26)13(5-7-28-3)20-11(2)25/h4,6,8,13H,5,7,9H2,1-3H3,(H,18,26)(H,20,25)/t13-/m1/s1. The van der Waals surface area contributed by atoms with Gasteiger partial charge in [-0.15, -0.1) is 10.2 Å². The number of carbonyl (C=O) groups excluding carboxylic acids is 2. The summed E-state index contributed by atoms with van der Waals surface area (Å²) in [5, 5.41) is 17.5. The van der Waals surface area contributed by atoms with Gasteiger partial charge in [0.25, 0.3) is 5.89 Å². The molecule has 0 unspecified atom stereocenters. The van der Waals surface area contributed by atoms with Gasteiger partial charge >= 0.3 is 0 Å². The second-order valence-electron chi connectivity index (χ2n) is 6.16. The van der Waals surface area contributed by atoms with Gasteiger partial charge in [-0.25, -0.2) is 0 Å². The molecule has 0 spiro atoms. The molecule has 2 N–H and O–H groups in total. The SMILES string of the molecule is CSCC[C@@H](NC(C)=O)C(=O)NCc1nnc2cc(-c3nc(C)no3)ccn12. The number of carbonyl (C=O) groups is 2. The van der Waals surface area contributed by atoms with E-state index in [4.69, 9.17) is 4.52 Å². The van der Waals surface area contributed by atoms with Crippen LogP contribution in [-0.2, 0) is 16.1 Å². The van der Waals surface area contributed by atoms with Crippen molar-refractivity contribution in [3.8, 4) is 11.5 Å². The van der Waals surface area contributed by atoms with Crippen molar-refractivity contribution in [3.63, 3.8) is 0 Å². The van der Waals surface area contributed by atoms with Gasteiger partial charge in [-0.3, -0.25) is 14.0 Å². The average Bonchev–Trinajstić information content (AvgIpc) is 3.28. The molecule has 2 amide bonds. The summed E-state index contributed by atoms with van der Waals surface area (Å²) < 4.78 is 6.93. The topological polar surface area (TPSA) is 127 Å². The minimum Gasteiger partial charge on any atom is -0.347 e. The minimum atomic E-state index is -0.573. The maximum absolute atomic E-state index is 12.4. The quantitative estimate of drug-likeness (QED) is 0.569. The van der Waals surface area contributed by atoms with Crippen LogP contribution in [-0.4, -0.2) is 54.6 Å². The van der Waals surface area contributed by atoms with Crippen molar-refractivity contribution < 1.29 is 14.1 Å². The number of nitrogens with one attached hydrogen (secondary N) is 2. The predicted octanol–water partition coefficient (Wildman–Crippen LogP) is 0.962. The van der Waals surface area contributed by atoms with Gasteiger partial charge in [-0.05, 0) is 37.5 Å². The van der Waals surface area contributed by atoms with Crippen LogP contribution in [0.2, 0.25) is 0 Å². The van der Waals surface area contributed by atoms with Crippen molar-refractivity contribution >= 4 is 29.2 Å². The summed E-state index contributed by atoms with van der Waals surface area (Å²) in [6.07, 6.45) is 4.29. The van der Waals surface area contributed by atoms with Crippen LogP contribution >= 0.6 is 11.8 Å². The normalized spacial score (nSPS) is 12.1. The fourth-order valence-electron chi connectivity index (χ4n) is 2.65. The highest BCUT2D eigenvalue weighted by molar-refractivity contribution is 7.98. The van der Waals surface area contributed by atoms with E-state index in [0.717, 1.165) is 11.3 Å². The van der Waals surface area contributed by atoms with E-state index in [1.165, 1.54) is 6.92 Å². The molecule has 0 fully saturated rings. The highest BCUT2D eigenvalue weighted by Crippen LogP contribution is 2.18. The summed E-state index contributed by atoms with van der Waals surface area (Å²) in [5.41, 5.74) is 1.33. The molecular formula is C17H21N7O3S. The summed E-state index contributed by atoms with van der Waals surface area (Å²) >= 11 is 1.62. The molecule has 0 aromatic carbocycles. The molecule has 3 rings (SSSR count). The number of fused-ring (bicyclic) bond motifs is 1. The molecule has 0 saturated carbocycles. The maximum atomic E-state index is 12.4. The van der Waals surface area contributed by atoms with Crippen LogP contribution in [0.25, 0.3) is 17.1 Å². The van der Waals surface area contributed by atoms with E-state index in [1.54, 1.807) is 35.3 Å². The smallest absolute Gasteiger partial charge is 0.258 e. The van der Waals surface area contributed by atoms with E-state index in [1.807, 2.05) is 12.3 Å². The Morgan fingerprint density at radius 1 is 1.36 bits per heavy atom. The number of rotatable bonds is 8. The highest BCUT2D eigenvalue weighted by atomic mass is 32.2. The first-order valence-corrected chi connectivity index (χ1v) is 10.1. The molecule has 3 aromatic heterocycles. The summed E-state index contributed by atoms with van der Waals surface area (Å²) in [6, 6.07) is 3.02. The van der Waals surface area contributed by atoms with E-state index >= 15 is 0 Å². The van der Waals surface area contributed by atoms with Crippen LogP contribution in [0.4, 0.5) is 0 Å². The Kier molecular flexibility index (Phi) is 6.24. The molecular weight excluding hydrogens is 382 g/mol. The van der Waals surface area contributed by atoms with Crippen LogP contribution in [0.15, 0.2) is 22.9 Å². The van der Waals surface area contributed by atoms with Crippen molar-refractivity contribution in [1.82, 2.24) is 35.4 Å². The summed E-state index contributed by atoms with van der Waals surface area (Å²) in [5.74, 6) is 1.81. The van der Waals surface area contributed by atoms with E-state index in [-0.39, 0.29) is 18.4 Å². The zero-order valence-corrected chi connectivity index (χ0v) is 16.6. The molecule has 3 aromatic rings. The Morgan fingerprint density at radius 3 is 2.86 bits per heavy atom. The van der Waals surface area contributed by atoms with Gasteiger partial charge < -0.3 is 15.2 Å². The third kappa shape index (κ3) is 4.66. The summed E-state index contributed by atoms with van der Waals surface area (Å²) in [7, 11) is 0. The molecule has 0 aliphatic carbocycles. The molecule has 0 aliphatic rings. The van der Waals surface area contributed by atoms with Gasteiger partial charge in [0.2, 0.25) is 11.8 Å². The van der Waals surface area contributed by atoms with Crippen LogP contribution in [0.3, 0.4) is 0 Å². The number of hydrogen-bond acceptors (Lipinski definition) is 8. The van der Waals surface area contributed by atoms with Crippen molar-refractivity contribution in [2.75, 3.05) is 12.0 Å². The average molecular weight is 403 g/mol. The van der Waals surface area contributed by atoms with Gasteiger partial charge in [-0.2, -0.15) is 16.7 Å². The van der Waals surface area contributed by atoms with Gasteiger partial charge in [-0.1, -0.05) is 5.16 Å². The minimum absolute atomic E-state index is 0.189. The molecule has 148 valence electrons. The lowest BCUT2D eigenvalue weighted by Gasteiger charge is -2.16. The number of aryl methyl sites for hydroxylation is 1. The summed E-state index contributed by atoms with van der Waals surface area (Å²) in [4.78, 5) is 28.0. The Balaban J connectivity index is 1.70. The van der Waals surface area contributed by atoms with Gasteiger partial charge in [0.1, 0.15) is 6.04 Å². The van der Waals surface area contributed by atoms with E-state index in [0.29, 0.717) is 29.6 Å². The zero-order valence-electron chi connectivity index (χ0n) is 15.8. The lowest BCUT2D eigenvalue weighted by atomic mass is 10.2. The lowest BCUT2D eigenvalue weighted by molar-refractivity contribution is -0.128. The third-order valence-electron chi connectivity index (χ3n) is 3.98. The molecule has 10 nitrogen and oxygen atoms in total. The number of nitrogens with zero attached hydrogens (tertiary/aromatic N) is 5. The highest BCUT2D eigenvalue weighted by Gasteiger charge is 2.19. The molecule has 0 aliphatic heterocycles. The first-order valence-electron chi connectivity index (χ1n) is 8.66. The van der Waals surface area contributed by atoms with Gasteiger partial charge in [0.05, 0.1) is 6.54 Å². The maximum Gasteiger partial charge on any atom is 0.258 e. The molecule has 3 heterocycles. The largest absolute Gasteiger partial charge is 0.347 e. The monoisotopic (exact) mass is 403 g/mol. The number of aromatic nitrogens is 5. The number of thioether (sulfide) groups is 1. The molecule has 0 radical (unpaired) electrons. The molecule has 28 heavy (non-hydrogen) atoms. The van der Waals surface area contributed by atoms with E-state index in [2.05, 4.69) is 31.0 Å². The van der Waals surface area contributed by atoms with Crippen LogP contribution < -0.4 is 10.6 Å². The number of amides is 2. The Labute approximate surface area is 165 Å². The van der Waals surface area contributed by atoms with Gasteiger partial charge in [0, 0.05) is 18.7 Å². The second-order valence-corrected chi connectivity index (χ2v) is 7.14. The second kappa shape index (κ2) is 8.83. The van der Waals surface area contributed by atoms with Gasteiger partial charge in [0.15, 0.2) is 17.3 Å². The third-order valence-corrected chi connectivity index (χ3v) is 4.62. The fourth-order valence-corrected chi connectivity index (χ4v) is 3.12. The van der Waals surface area contributed by atoms with Crippen molar-refractivity contribution in [3.05, 3.63) is 30.0 Å². The Hall–Kier alpha value is -2.95. The molecule has 1 atom stereocenters. The number of hydrogen-bond donors (Lipinski definition) is 2. The molecule has 11 heteroatoms. The Morgan fingerprint density at radius 2 is 2.18 bits per heavy atom. The van der Waals surface area contributed by atoms with Crippen molar-refractivity contribution in [2.24, 2.45) is 0 Å². The predicted molar refractivity (Wildman–Crippen MR) is 103 cm³/mol. The Bertz CT molecular complexity index is 984. The van der Waals surface area contributed by atoms with Crippen molar-refractivity contribution in [1.29, 1.82) is 0 Å². The first kappa shape index (κ1) is 19.8. The van der Waals surface area contributed by atoms with E-state index < -0.39 is 6.04 Å². The van der Waals surface area contributed by atoms with E-state index in [9.17, 15) is 9.59 Å². The van der Waals surface area contributed by atoms with Crippen LogP contribution in [0, 0.1) is 6.92 Å². The van der Waals surface area contributed by atoms with Crippen molar-refractivity contribution in [2.45, 2.75) is 32.9 Å². The fraction of sp³-hybridized carbons (Fsp3) is 0.412. The molecule has 0 bridgehead atoms. The number of pyridine rings is 1. The first-order chi connectivity index (χ1) is 13.5.